The van der Waals surface area contributed by atoms with E-state index < -0.39 is 24.0 Å². The van der Waals surface area contributed by atoms with Gasteiger partial charge in [-0.2, -0.15) is 0 Å². The van der Waals surface area contributed by atoms with E-state index in [-0.39, 0.29) is 13.0 Å². The number of esters is 1. The van der Waals surface area contributed by atoms with Crippen LogP contribution < -0.4 is 15.4 Å². The van der Waals surface area contributed by atoms with Gasteiger partial charge in [0.2, 0.25) is 0 Å². The number of ether oxygens (including phenoxy) is 2. The number of benzene rings is 2. The monoisotopic (exact) mass is 404 g/mol. The number of carbonyl (C=O) groups is 3. The summed E-state index contributed by atoms with van der Waals surface area (Å²) in [5, 5.41) is 5.14. The van der Waals surface area contributed by atoms with Crippen LogP contribution in [0.5, 0.6) is 5.75 Å². The van der Waals surface area contributed by atoms with Gasteiger partial charge in [0.15, 0.2) is 6.10 Å². The Labute approximate surface area is 168 Å². The summed E-state index contributed by atoms with van der Waals surface area (Å²) in [6, 6.07) is 13.4. The predicted molar refractivity (Wildman–Crippen MR) is 104 cm³/mol. The van der Waals surface area contributed by atoms with Crippen molar-refractivity contribution in [2.75, 3.05) is 7.11 Å². The zero-order valence-electron chi connectivity index (χ0n) is 15.5. The number of urea groups is 1. The lowest BCUT2D eigenvalue weighted by atomic mass is 10.1. The molecule has 0 aliphatic rings. The Bertz CT molecular complexity index is 842. The molecule has 2 N–H and O–H groups in total. The van der Waals surface area contributed by atoms with Gasteiger partial charge in [-0.15, -0.1) is 0 Å². The SMILES string of the molecule is COc1ccc(Cl)cc1CC(=O)O[C@@H](C)C(=O)NC(=O)NCc1ccccc1. The fourth-order valence-electron chi connectivity index (χ4n) is 2.37. The van der Waals surface area contributed by atoms with Crippen LogP contribution in [-0.4, -0.2) is 31.1 Å². The van der Waals surface area contributed by atoms with Gasteiger partial charge < -0.3 is 14.8 Å². The third-order valence-corrected chi connectivity index (χ3v) is 4.02. The number of hydrogen-bond acceptors (Lipinski definition) is 5. The number of amides is 3. The van der Waals surface area contributed by atoms with E-state index in [0.29, 0.717) is 16.3 Å². The van der Waals surface area contributed by atoms with E-state index in [4.69, 9.17) is 21.1 Å². The Hall–Kier alpha value is -3.06. The van der Waals surface area contributed by atoms with E-state index in [1.54, 1.807) is 18.2 Å². The van der Waals surface area contributed by atoms with Crippen LogP contribution in [0.3, 0.4) is 0 Å². The maximum absolute atomic E-state index is 12.1. The van der Waals surface area contributed by atoms with E-state index >= 15 is 0 Å². The lowest BCUT2D eigenvalue weighted by Crippen LogP contribution is -2.44. The molecule has 0 radical (unpaired) electrons. The molecule has 0 unspecified atom stereocenters. The van der Waals surface area contributed by atoms with E-state index in [0.717, 1.165) is 5.56 Å². The molecular formula is C20H21ClN2O5. The fourth-order valence-corrected chi connectivity index (χ4v) is 2.56. The molecule has 2 rings (SSSR count). The van der Waals surface area contributed by atoms with Gasteiger partial charge in [-0.05, 0) is 30.7 Å². The molecule has 1 atom stereocenters. The van der Waals surface area contributed by atoms with Crippen LogP contribution >= 0.6 is 11.6 Å². The highest BCUT2D eigenvalue weighted by molar-refractivity contribution is 6.30. The van der Waals surface area contributed by atoms with E-state index in [1.165, 1.54) is 14.0 Å². The van der Waals surface area contributed by atoms with Gasteiger partial charge in [0, 0.05) is 17.1 Å². The molecule has 28 heavy (non-hydrogen) atoms. The molecule has 0 aromatic heterocycles. The first-order chi connectivity index (χ1) is 13.4. The Balaban J connectivity index is 1.82. The van der Waals surface area contributed by atoms with Gasteiger partial charge >= 0.3 is 12.0 Å². The van der Waals surface area contributed by atoms with Gasteiger partial charge in [-0.1, -0.05) is 41.9 Å². The summed E-state index contributed by atoms with van der Waals surface area (Å²) >= 11 is 5.93. The highest BCUT2D eigenvalue weighted by Crippen LogP contribution is 2.23. The average Bonchev–Trinajstić information content (AvgIpc) is 2.67. The van der Waals surface area contributed by atoms with Crippen molar-refractivity contribution < 1.29 is 23.9 Å². The Morgan fingerprint density at radius 3 is 2.50 bits per heavy atom. The lowest BCUT2D eigenvalue weighted by molar-refractivity contribution is -0.153. The van der Waals surface area contributed by atoms with E-state index in [9.17, 15) is 14.4 Å². The van der Waals surface area contributed by atoms with Crippen LogP contribution in [0.15, 0.2) is 48.5 Å². The number of nitrogens with one attached hydrogen (secondary N) is 2. The van der Waals surface area contributed by atoms with Gasteiger partial charge in [-0.25, -0.2) is 4.79 Å². The quantitative estimate of drug-likeness (QED) is 0.692. The minimum absolute atomic E-state index is 0.123. The summed E-state index contributed by atoms with van der Waals surface area (Å²) in [5.41, 5.74) is 1.42. The number of carbonyl (C=O) groups excluding carboxylic acids is 3. The first kappa shape index (κ1) is 21.2. The molecule has 2 aromatic rings. The van der Waals surface area contributed by atoms with Crippen LogP contribution in [-0.2, 0) is 27.3 Å². The van der Waals surface area contributed by atoms with Crippen LogP contribution in [0.2, 0.25) is 5.02 Å². The van der Waals surface area contributed by atoms with Crippen molar-refractivity contribution in [3.63, 3.8) is 0 Å². The lowest BCUT2D eigenvalue weighted by Gasteiger charge is -2.14. The van der Waals surface area contributed by atoms with Crippen molar-refractivity contribution in [3.05, 3.63) is 64.7 Å². The first-order valence-corrected chi connectivity index (χ1v) is 8.91. The topological polar surface area (TPSA) is 93.7 Å². The smallest absolute Gasteiger partial charge is 0.321 e. The first-order valence-electron chi connectivity index (χ1n) is 8.53. The van der Waals surface area contributed by atoms with E-state index in [2.05, 4.69) is 10.6 Å². The zero-order valence-corrected chi connectivity index (χ0v) is 16.3. The number of halogens is 1. The third kappa shape index (κ3) is 6.59. The Morgan fingerprint density at radius 1 is 1.11 bits per heavy atom. The molecule has 0 saturated carbocycles. The average molecular weight is 405 g/mol. The fraction of sp³-hybridized carbons (Fsp3) is 0.250. The van der Waals surface area contributed by atoms with Crippen molar-refractivity contribution in [1.29, 1.82) is 0 Å². The Morgan fingerprint density at radius 2 is 1.82 bits per heavy atom. The van der Waals surface area contributed by atoms with Gasteiger partial charge in [0.1, 0.15) is 5.75 Å². The largest absolute Gasteiger partial charge is 0.496 e. The second-order valence-corrected chi connectivity index (χ2v) is 6.36. The molecule has 7 nitrogen and oxygen atoms in total. The second kappa shape index (κ2) is 10.3. The van der Waals surface area contributed by atoms with Crippen LogP contribution in [0.4, 0.5) is 4.79 Å². The normalized spacial score (nSPS) is 11.2. The predicted octanol–water partition coefficient (Wildman–Crippen LogP) is 2.85. The van der Waals surface area contributed by atoms with Crippen LogP contribution in [0.25, 0.3) is 0 Å². The molecule has 148 valence electrons. The molecule has 3 amide bonds. The minimum atomic E-state index is -1.14. The highest BCUT2D eigenvalue weighted by Gasteiger charge is 2.21. The number of imide groups is 1. The molecule has 0 aliphatic carbocycles. The van der Waals surface area contributed by atoms with Crippen LogP contribution in [0.1, 0.15) is 18.1 Å². The summed E-state index contributed by atoms with van der Waals surface area (Å²) in [6.07, 6.45) is -1.26. The molecule has 0 aliphatic heterocycles. The number of methoxy groups -OCH3 is 1. The summed E-state index contributed by atoms with van der Waals surface area (Å²) < 4.78 is 10.3. The maximum Gasteiger partial charge on any atom is 0.321 e. The molecule has 8 heteroatoms. The zero-order chi connectivity index (χ0) is 20.5. The third-order valence-electron chi connectivity index (χ3n) is 3.79. The number of rotatable bonds is 7. The summed E-state index contributed by atoms with van der Waals surface area (Å²) in [5.74, 6) is -0.886. The van der Waals surface area contributed by atoms with Crippen molar-refractivity contribution >= 4 is 29.5 Å². The molecule has 2 aromatic carbocycles. The molecule has 0 saturated heterocycles. The maximum atomic E-state index is 12.1. The molecule has 0 bridgehead atoms. The van der Waals surface area contributed by atoms with Crippen molar-refractivity contribution in [1.82, 2.24) is 10.6 Å². The molecule has 0 heterocycles. The van der Waals surface area contributed by atoms with Crippen molar-refractivity contribution in [3.8, 4) is 5.75 Å². The van der Waals surface area contributed by atoms with Gasteiger partial charge in [-0.3, -0.25) is 14.9 Å². The van der Waals surface area contributed by atoms with Crippen molar-refractivity contribution in [2.45, 2.75) is 26.0 Å². The molecular weight excluding hydrogens is 384 g/mol. The molecule has 0 fully saturated rings. The van der Waals surface area contributed by atoms with E-state index in [1.807, 2.05) is 30.3 Å². The van der Waals surface area contributed by atoms with Crippen LogP contribution in [0, 0.1) is 0 Å². The van der Waals surface area contributed by atoms with Gasteiger partial charge in [0.25, 0.3) is 5.91 Å². The van der Waals surface area contributed by atoms with Gasteiger partial charge in [0.05, 0.1) is 13.5 Å². The van der Waals surface area contributed by atoms with Crippen molar-refractivity contribution in [2.24, 2.45) is 0 Å². The second-order valence-electron chi connectivity index (χ2n) is 5.92. The highest BCUT2D eigenvalue weighted by atomic mass is 35.5. The Kier molecular flexibility index (Phi) is 7.83. The molecule has 0 spiro atoms. The summed E-state index contributed by atoms with van der Waals surface area (Å²) in [7, 11) is 1.47. The minimum Gasteiger partial charge on any atom is -0.496 e. The summed E-state index contributed by atoms with van der Waals surface area (Å²) in [4.78, 5) is 36.0. The number of hydrogen-bond donors (Lipinski definition) is 2. The summed E-state index contributed by atoms with van der Waals surface area (Å²) in [6.45, 7) is 1.65. The standard InChI is InChI=1S/C20H21ClN2O5/c1-13(19(25)23-20(26)22-12-14-6-4-3-5-7-14)28-18(24)11-15-10-16(21)8-9-17(15)27-2/h3-10,13H,11-12H2,1-2H3,(H2,22,23,25,26)/t13-/m0/s1.